The molecule has 0 aliphatic heterocycles. The first-order chi connectivity index (χ1) is 8.50. The van der Waals surface area contributed by atoms with Crippen molar-refractivity contribution < 1.29 is 14.6 Å². The third-order valence-electron chi connectivity index (χ3n) is 3.71. The van der Waals surface area contributed by atoms with Crippen LogP contribution in [0.1, 0.15) is 56.6 Å². The summed E-state index contributed by atoms with van der Waals surface area (Å²) in [4.78, 5) is 10.9. The molecule has 0 heterocycles. The van der Waals surface area contributed by atoms with Gasteiger partial charge in [-0.25, -0.2) is 4.79 Å². The van der Waals surface area contributed by atoms with Gasteiger partial charge in [0.1, 0.15) is 5.75 Å². The topological polar surface area (TPSA) is 46.5 Å². The molecule has 1 aliphatic rings. The van der Waals surface area contributed by atoms with Gasteiger partial charge in [-0.1, -0.05) is 39.0 Å². The van der Waals surface area contributed by atoms with Gasteiger partial charge in [-0.2, -0.15) is 0 Å². The third kappa shape index (κ3) is 2.66. The van der Waals surface area contributed by atoms with Crippen LogP contribution in [0.25, 0.3) is 0 Å². The lowest BCUT2D eigenvalue weighted by Gasteiger charge is -2.19. The molecule has 0 spiro atoms. The molecule has 0 amide bonds. The Morgan fingerprint density at radius 1 is 1.28 bits per heavy atom. The van der Waals surface area contributed by atoms with Gasteiger partial charge in [0.25, 0.3) is 0 Å². The highest BCUT2D eigenvalue weighted by Gasteiger charge is 2.31. The van der Waals surface area contributed by atoms with Gasteiger partial charge < -0.3 is 9.84 Å². The number of benzene rings is 1. The van der Waals surface area contributed by atoms with E-state index in [4.69, 9.17) is 9.84 Å². The summed E-state index contributed by atoms with van der Waals surface area (Å²) in [6.07, 6.45) is 1.24. The predicted octanol–water partition coefficient (Wildman–Crippen LogP) is 4.38. The van der Waals surface area contributed by atoms with Crippen molar-refractivity contribution >= 4 is 6.16 Å². The second kappa shape index (κ2) is 5.01. The van der Waals surface area contributed by atoms with Crippen molar-refractivity contribution in [2.24, 2.45) is 5.92 Å². The highest BCUT2D eigenvalue weighted by Crippen LogP contribution is 2.46. The summed E-state index contributed by atoms with van der Waals surface area (Å²) < 4.78 is 5.05. The van der Waals surface area contributed by atoms with Crippen molar-refractivity contribution in [2.45, 2.75) is 45.4 Å². The number of carboxylic acid groups (broad SMARTS) is 1. The quantitative estimate of drug-likeness (QED) is 0.635. The van der Waals surface area contributed by atoms with Crippen LogP contribution in [-0.4, -0.2) is 11.3 Å². The van der Waals surface area contributed by atoms with Crippen LogP contribution in [0.5, 0.6) is 5.75 Å². The zero-order valence-electron chi connectivity index (χ0n) is 11.1. The minimum atomic E-state index is -1.23. The van der Waals surface area contributed by atoms with E-state index in [1.165, 1.54) is 12.8 Å². The molecular formula is C15H20O3. The van der Waals surface area contributed by atoms with Crippen LogP contribution in [0.4, 0.5) is 4.79 Å². The SMILES string of the molecule is CC(C)c1cccc(C(C)C2CC2)c1OC(=O)O. The molecule has 0 radical (unpaired) electrons. The van der Waals surface area contributed by atoms with Crippen molar-refractivity contribution in [3.63, 3.8) is 0 Å². The molecule has 1 aliphatic carbocycles. The monoisotopic (exact) mass is 248 g/mol. The van der Waals surface area contributed by atoms with Crippen molar-refractivity contribution in [3.8, 4) is 5.75 Å². The molecule has 1 aromatic carbocycles. The molecule has 1 N–H and O–H groups in total. The first-order valence-corrected chi connectivity index (χ1v) is 6.54. The molecule has 3 nitrogen and oxygen atoms in total. The van der Waals surface area contributed by atoms with Crippen LogP contribution >= 0.6 is 0 Å². The molecule has 0 bridgehead atoms. The molecule has 2 rings (SSSR count). The van der Waals surface area contributed by atoms with Crippen LogP contribution in [-0.2, 0) is 0 Å². The van der Waals surface area contributed by atoms with Gasteiger partial charge in [0.05, 0.1) is 0 Å². The first kappa shape index (κ1) is 12.9. The van der Waals surface area contributed by atoms with Crippen molar-refractivity contribution in [1.82, 2.24) is 0 Å². The second-order valence-electron chi connectivity index (χ2n) is 5.41. The van der Waals surface area contributed by atoms with Crippen molar-refractivity contribution in [3.05, 3.63) is 29.3 Å². The van der Waals surface area contributed by atoms with E-state index in [0.29, 0.717) is 17.6 Å². The lowest BCUT2D eigenvalue weighted by atomic mass is 9.90. The number of para-hydroxylation sites is 1. The molecule has 98 valence electrons. The first-order valence-electron chi connectivity index (χ1n) is 6.54. The Balaban J connectivity index is 2.42. The number of ether oxygens (including phenoxy) is 1. The summed E-state index contributed by atoms with van der Waals surface area (Å²) in [6, 6.07) is 5.94. The Morgan fingerprint density at radius 2 is 1.89 bits per heavy atom. The van der Waals surface area contributed by atoms with Gasteiger partial charge in [0.15, 0.2) is 0 Å². The van der Waals surface area contributed by atoms with Crippen LogP contribution in [0.2, 0.25) is 0 Å². The van der Waals surface area contributed by atoms with Gasteiger partial charge in [0, 0.05) is 0 Å². The molecular weight excluding hydrogens is 228 g/mol. The van der Waals surface area contributed by atoms with E-state index in [9.17, 15) is 4.79 Å². The summed E-state index contributed by atoms with van der Waals surface area (Å²) in [7, 11) is 0. The molecule has 1 unspecified atom stereocenters. The predicted molar refractivity (Wildman–Crippen MR) is 70.3 cm³/mol. The van der Waals surface area contributed by atoms with Crippen molar-refractivity contribution in [2.75, 3.05) is 0 Å². The summed E-state index contributed by atoms with van der Waals surface area (Å²) in [5.41, 5.74) is 2.01. The normalized spacial score (nSPS) is 16.7. The standard InChI is InChI=1S/C15H20O3/c1-9(2)12-5-4-6-13(10(3)11-7-8-11)14(12)18-15(16)17/h4-6,9-11H,7-8H2,1-3H3,(H,16,17). The van der Waals surface area contributed by atoms with E-state index < -0.39 is 6.16 Å². The fourth-order valence-corrected chi connectivity index (χ4v) is 2.44. The molecule has 3 heteroatoms. The highest BCUT2D eigenvalue weighted by molar-refractivity contribution is 5.64. The Labute approximate surface area is 108 Å². The average molecular weight is 248 g/mol. The van der Waals surface area contributed by atoms with Crippen LogP contribution in [0.3, 0.4) is 0 Å². The summed E-state index contributed by atoms with van der Waals surface area (Å²) in [5.74, 6) is 1.87. The zero-order valence-corrected chi connectivity index (χ0v) is 11.1. The average Bonchev–Trinajstić information content (AvgIpc) is 3.11. The fraction of sp³-hybridized carbons (Fsp3) is 0.533. The van der Waals surface area contributed by atoms with Gasteiger partial charge in [-0.05, 0) is 41.7 Å². The summed E-state index contributed by atoms with van der Waals surface area (Å²) in [5, 5.41) is 8.91. The van der Waals surface area contributed by atoms with E-state index in [0.717, 1.165) is 11.1 Å². The molecule has 1 saturated carbocycles. The lowest BCUT2D eigenvalue weighted by molar-refractivity contribution is 0.143. The number of rotatable bonds is 4. The molecule has 1 atom stereocenters. The van der Waals surface area contributed by atoms with E-state index in [1.807, 2.05) is 18.2 Å². The lowest BCUT2D eigenvalue weighted by Crippen LogP contribution is -2.10. The van der Waals surface area contributed by atoms with Crippen LogP contribution < -0.4 is 4.74 Å². The third-order valence-corrected chi connectivity index (χ3v) is 3.71. The largest absolute Gasteiger partial charge is 0.511 e. The minimum Gasteiger partial charge on any atom is -0.449 e. The van der Waals surface area contributed by atoms with Crippen LogP contribution in [0.15, 0.2) is 18.2 Å². The summed E-state index contributed by atoms with van der Waals surface area (Å²) >= 11 is 0. The van der Waals surface area contributed by atoms with Gasteiger partial charge in [-0.3, -0.25) is 0 Å². The second-order valence-corrected chi connectivity index (χ2v) is 5.41. The van der Waals surface area contributed by atoms with E-state index in [-0.39, 0.29) is 5.92 Å². The highest BCUT2D eigenvalue weighted by atomic mass is 16.7. The van der Waals surface area contributed by atoms with Gasteiger partial charge in [0.2, 0.25) is 0 Å². The maximum Gasteiger partial charge on any atom is 0.511 e. The molecule has 1 aromatic rings. The van der Waals surface area contributed by atoms with Crippen LogP contribution in [0, 0.1) is 5.92 Å². The smallest absolute Gasteiger partial charge is 0.449 e. The van der Waals surface area contributed by atoms with Gasteiger partial charge >= 0.3 is 6.16 Å². The van der Waals surface area contributed by atoms with E-state index >= 15 is 0 Å². The van der Waals surface area contributed by atoms with Gasteiger partial charge in [-0.15, -0.1) is 0 Å². The zero-order chi connectivity index (χ0) is 13.3. The number of hydrogen-bond donors (Lipinski definition) is 1. The molecule has 0 aromatic heterocycles. The number of carbonyl (C=O) groups is 1. The Bertz CT molecular complexity index is 447. The molecule has 18 heavy (non-hydrogen) atoms. The van der Waals surface area contributed by atoms with E-state index in [2.05, 4.69) is 20.8 Å². The molecule has 1 fully saturated rings. The number of hydrogen-bond acceptors (Lipinski definition) is 2. The Hall–Kier alpha value is -1.51. The maximum absolute atomic E-state index is 10.9. The van der Waals surface area contributed by atoms with Crippen molar-refractivity contribution in [1.29, 1.82) is 0 Å². The fourth-order valence-electron chi connectivity index (χ4n) is 2.44. The Kier molecular flexibility index (Phi) is 3.60. The minimum absolute atomic E-state index is 0.255. The molecule has 0 saturated heterocycles. The maximum atomic E-state index is 10.9. The summed E-state index contributed by atoms with van der Waals surface area (Å²) in [6.45, 7) is 6.26. The van der Waals surface area contributed by atoms with E-state index in [1.54, 1.807) is 0 Å². The Morgan fingerprint density at radius 3 is 2.39 bits per heavy atom.